The van der Waals surface area contributed by atoms with Crippen LogP contribution in [0.5, 0.6) is 5.75 Å². The number of carbonyl (C=O) groups is 2. The van der Waals surface area contributed by atoms with E-state index in [1.165, 1.54) is 25.1 Å². The minimum atomic E-state index is -0.968. The number of nitrogens with one attached hydrogen (secondary N) is 2. The number of hydrogen-bond acceptors (Lipinski definition) is 3. The molecule has 1 atom stereocenters. The summed E-state index contributed by atoms with van der Waals surface area (Å²) in [6.45, 7) is 3.32. The lowest BCUT2D eigenvalue weighted by Gasteiger charge is -2.15. The van der Waals surface area contributed by atoms with Crippen LogP contribution >= 0.6 is 0 Å². The highest BCUT2D eigenvalue weighted by Gasteiger charge is 2.17. The summed E-state index contributed by atoms with van der Waals surface area (Å²) in [5, 5.41) is 0. The quantitative estimate of drug-likeness (QED) is 0.851. The molecular weight excluding hydrogens is 299 g/mol. The van der Waals surface area contributed by atoms with Gasteiger partial charge in [-0.15, -0.1) is 0 Å². The second-order valence-electron chi connectivity index (χ2n) is 5.00. The van der Waals surface area contributed by atoms with Gasteiger partial charge in [0.15, 0.2) is 17.7 Å². The van der Waals surface area contributed by atoms with Gasteiger partial charge >= 0.3 is 0 Å². The predicted octanol–water partition coefficient (Wildman–Crippen LogP) is 2.36. The van der Waals surface area contributed by atoms with Crippen molar-refractivity contribution in [2.45, 2.75) is 20.0 Å². The van der Waals surface area contributed by atoms with Crippen molar-refractivity contribution in [1.82, 2.24) is 10.9 Å². The summed E-state index contributed by atoms with van der Waals surface area (Å²) in [6.07, 6.45) is -0.968. The van der Waals surface area contributed by atoms with Gasteiger partial charge < -0.3 is 4.74 Å². The number of ether oxygens (including phenoxy) is 1. The first kappa shape index (κ1) is 16.5. The molecule has 0 aliphatic rings. The zero-order valence-corrected chi connectivity index (χ0v) is 12.8. The van der Waals surface area contributed by atoms with Gasteiger partial charge in [0.2, 0.25) is 0 Å². The van der Waals surface area contributed by atoms with Crippen LogP contribution < -0.4 is 15.6 Å². The molecule has 120 valence electrons. The van der Waals surface area contributed by atoms with E-state index in [9.17, 15) is 14.0 Å². The average molecular weight is 316 g/mol. The number of para-hydroxylation sites is 1. The van der Waals surface area contributed by atoms with Gasteiger partial charge in [-0.05, 0) is 38.1 Å². The summed E-state index contributed by atoms with van der Waals surface area (Å²) in [4.78, 5) is 23.8. The van der Waals surface area contributed by atoms with Crippen LogP contribution in [0.2, 0.25) is 0 Å². The van der Waals surface area contributed by atoms with E-state index in [-0.39, 0.29) is 5.75 Å². The Morgan fingerprint density at radius 3 is 2.52 bits per heavy atom. The Morgan fingerprint density at radius 2 is 1.83 bits per heavy atom. The Labute approximate surface area is 133 Å². The number of aryl methyl sites for hydroxylation is 1. The monoisotopic (exact) mass is 316 g/mol. The molecular formula is C17H17FN2O3. The van der Waals surface area contributed by atoms with E-state index in [0.717, 1.165) is 5.56 Å². The molecule has 0 aliphatic heterocycles. The molecule has 2 aromatic carbocycles. The van der Waals surface area contributed by atoms with Crippen molar-refractivity contribution in [2.75, 3.05) is 0 Å². The van der Waals surface area contributed by atoms with Crippen LogP contribution in [0.25, 0.3) is 0 Å². The van der Waals surface area contributed by atoms with E-state index < -0.39 is 23.7 Å². The Hall–Kier alpha value is -2.89. The average Bonchev–Trinajstić information content (AvgIpc) is 2.54. The Kier molecular flexibility index (Phi) is 5.30. The number of halogens is 1. The summed E-state index contributed by atoms with van der Waals surface area (Å²) >= 11 is 0. The summed E-state index contributed by atoms with van der Waals surface area (Å²) in [6, 6.07) is 12.7. The van der Waals surface area contributed by atoms with Gasteiger partial charge in [0.05, 0.1) is 0 Å². The maximum atomic E-state index is 13.5. The summed E-state index contributed by atoms with van der Waals surface area (Å²) in [5.74, 6) is -1.62. The molecule has 0 bridgehead atoms. The summed E-state index contributed by atoms with van der Waals surface area (Å²) in [5.41, 5.74) is 5.90. The van der Waals surface area contributed by atoms with Crippen molar-refractivity contribution in [3.63, 3.8) is 0 Å². The number of benzene rings is 2. The maximum absolute atomic E-state index is 13.5. The maximum Gasteiger partial charge on any atom is 0.279 e. The summed E-state index contributed by atoms with van der Waals surface area (Å²) in [7, 11) is 0. The molecule has 0 aliphatic carbocycles. The highest BCUT2D eigenvalue weighted by molar-refractivity contribution is 5.95. The Bertz CT molecular complexity index is 718. The van der Waals surface area contributed by atoms with Crippen molar-refractivity contribution in [2.24, 2.45) is 0 Å². The standard InChI is InChI=1S/C17H17FN2O3/c1-11-6-5-7-13(10-11)17(22)20-19-16(21)12(2)23-15-9-4-3-8-14(15)18/h3-10,12H,1-2H3,(H,19,21)(H,20,22)/t12-/m1/s1. The molecule has 0 saturated carbocycles. The lowest BCUT2D eigenvalue weighted by Crippen LogP contribution is -2.47. The Balaban J connectivity index is 1.89. The number of hydrogen-bond donors (Lipinski definition) is 2. The SMILES string of the molecule is Cc1cccc(C(=O)NNC(=O)[C@@H](C)Oc2ccccc2F)c1. The molecule has 23 heavy (non-hydrogen) atoms. The van der Waals surface area contributed by atoms with Crippen LogP contribution in [-0.4, -0.2) is 17.9 Å². The molecule has 5 nitrogen and oxygen atoms in total. The third-order valence-electron chi connectivity index (χ3n) is 3.09. The molecule has 0 saturated heterocycles. The molecule has 6 heteroatoms. The smallest absolute Gasteiger partial charge is 0.279 e. The van der Waals surface area contributed by atoms with E-state index in [1.807, 2.05) is 13.0 Å². The number of hydrazine groups is 1. The van der Waals surface area contributed by atoms with Crippen molar-refractivity contribution >= 4 is 11.8 Å². The summed E-state index contributed by atoms with van der Waals surface area (Å²) < 4.78 is 18.7. The van der Waals surface area contributed by atoms with E-state index >= 15 is 0 Å². The fraction of sp³-hybridized carbons (Fsp3) is 0.176. The van der Waals surface area contributed by atoms with Crippen LogP contribution in [-0.2, 0) is 4.79 Å². The van der Waals surface area contributed by atoms with E-state index in [2.05, 4.69) is 10.9 Å². The van der Waals surface area contributed by atoms with Gasteiger partial charge in [0.1, 0.15) is 0 Å². The van der Waals surface area contributed by atoms with E-state index in [1.54, 1.807) is 24.3 Å². The third kappa shape index (κ3) is 4.54. The predicted molar refractivity (Wildman–Crippen MR) is 83.3 cm³/mol. The van der Waals surface area contributed by atoms with Crippen LogP contribution in [0.3, 0.4) is 0 Å². The molecule has 0 radical (unpaired) electrons. The normalized spacial score (nSPS) is 11.4. The van der Waals surface area contributed by atoms with Crippen molar-refractivity contribution < 1.29 is 18.7 Å². The molecule has 2 N–H and O–H groups in total. The third-order valence-corrected chi connectivity index (χ3v) is 3.09. The van der Waals surface area contributed by atoms with Gasteiger partial charge in [-0.1, -0.05) is 29.8 Å². The zero-order chi connectivity index (χ0) is 16.8. The van der Waals surface area contributed by atoms with Crippen molar-refractivity contribution in [3.05, 3.63) is 65.5 Å². The lowest BCUT2D eigenvalue weighted by molar-refractivity contribution is -0.128. The molecule has 0 spiro atoms. The van der Waals surface area contributed by atoms with Crippen LogP contribution in [0.4, 0.5) is 4.39 Å². The Morgan fingerprint density at radius 1 is 1.09 bits per heavy atom. The number of amides is 2. The van der Waals surface area contributed by atoms with Crippen LogP contribution in [0.1, 0.15) is 22.8 Å². The fourth-order valence-electron chi connectivity index (χ4n) is 1.86. The highest BCUT2D eigenvalue weighted by Crippen LogP contribution is 2.16. The largest absolute Gasteiger partial charge is 0.478 e. The first-order chi connectivity index (χ1) is 11.0. The van der Waals surface area contributed by atoms with Crippen LogP contribution in [0, 0.1) is 12.7 Å². The fourth-order valence-corrected chi connectivity index (χ4v) is 1.86. The topological polar surface area (TPSA) is 67.4 Å². The molecule has 0 fully saturated rings. The lowest BCUT2D eigenvalue weighted by atomic mass is 10.1. The van der Waals surface area contributed by atoms with Gasteiger partial charge in [-0.3, -0.25) is 20.4 Å². The number of rotatable bonds is 4. The first-order valence-electron chi connectivity index (χ1n) is 7.05. The van der Waals surface area contributed by atoms with Crippen molar-refractivity contribution in [1.29, 1.82) is 0 Å². The van der Waals surface area contributed by atoms with Gasteiger partial charge in [-0.25, -0.2) is 4.39 Å². The van der Waals surface area contributed by atoms with Crippen LogP contribution in [0.15, 0.2) is 48.5 Å². The first-order valence-corrected chi connectivity index (χ1v) is 7.05. The number of carbonyl (C=O) groups excluding carboxylic acids is 2. The van der Waals surface area contributed by atoms with Gasteiger partial charge in [-0.2, -0.15) is 0 Å². The molecule has 2 amide bonds. The van der Waals surface area contributed by atoms with Gasteiger partial charge in [0, 0.05) is 5.56 Å². The second-order valence-corrected chi connectivity index (χ2v) is 5.00. The minimum absolute atomic E-state index is 0.0276. The second kappa shape index (κ2) is 7.40. The molecule has 0 aromatic heterocycles. The molecule has 0 heterocycles. The zero-order valence-electron chi connectivity index (χ0n) is 12.8. The molecule has 2 rings (SSSR count). The molecule has 0 unspecified atom stereocenters. The van der Waals surface area contributed by atoms with E-state index in [4.69, 9.17) is 4.74 Å². The minimum Gasteiger partial charge on any atom is -0.478 e. The highest BCUT2D eigenvalue weighted by atomic mass is 19.1. The van der Waals surface area contributed by atoms with Gasteiger partial charge in [0.25, 0.3) is 11.8 Å². The van der Waals surface area contributed by atoms with Crippen molar-refractivity contribution in [3.8, 4) is 5.75 Å². The van der Waals surface area contributed by atoms with E-state index in [0.29, 0.717) is 5.56 Å². The molecule has 2 aromatic rings.